The molecule has 0 saturated heterocycles. The van der Waals surface area contributed by atoms with E-state index in [1.807, 2.05) is 24.3 Å². The van der Waals surface area contributed by atoms with E-state index in [1.165, 1.54) is 0 Å². The van der Waals surface area contributed by atoms with Crippen molar-refractivity contribution >= 4 is 22.4 Å². The van der Waals surface area contributed by atoms with E-state index < -0.39 is 0 Å². The molecule has 0 aliphatic heterocycles. The van der Waals surface area contributed by atoms with Gasteiger partial charge in [0.05, 0.1) is 27.5 Å². The van der Waals surface area contributed by atoms with Crippen molar-refractivity contribution in [2.45, 2.75) is 26.3 Å². The van der Waals surface area contributed by atoms with Crippen LogP contribution < -0.4 is 0 Å². The van der Waals surface area contributed by atoms with E-state index in [9.17, 15) is 0 Å². The molecule has 0 atom stereocenters. The predicted octanol–water partition coefficient (Wildman–Crippen LogP) is 4.39. The molecule has 0 bridgehead atoms. The highest BCUT2D eigenvalue weighted by atomic mass is 32.1. The number of nitrogens with zero attached hydrogens (tertiary/aromatic N) is 3. The van der Waals surface area contributed by atoms with Crippen LogP contribution in [0.5, 0.6) is 0 Å². The maximum absolute atomic E-state index is 9.03. The Kier molecular flexibility index (Phi) is 2.88. The van der Waals surface area contributed by atoms with Gasteiger partial charge in [-0.2, -0.15) is 5.26 Å². The number of aromatic nitrogens is 2. The Morgan fingerprint density at radius 1 is 1.25 bits per heavy atom. The predicted molar refractivity (Wildman–Crippen MR) is 82.8 cm³/mol. The summed E-state index contributed by atoms with van der Waals surface area (Å²) >= 11 is 1.68. The summed E-state index contributed by atoms with van der Waals surface area (Å²) in [5.74, 6) is 0.970. The van der Waals surface area contributed by atoms with Gasteiger partial charge in [-0.3, -0.25) is 0 Å². The molecule has 2 aromatic heterocycles. The Morgan fingerprint density at radius 3 is 2.65 bits per heavy atom. The van der Waals surface area contributed by atoms with Gasteiger partial charge in [0.15, 0.2) is 5.82 Å². The molecule has 1 aromatic carbocycles. The first-order valence-corrected chi connectivity index (χ1v) is 7.35. The number of benzene rings is 1. The van der Waals surface area contributed by atoms with Crippen molar-refractivity contribution in [3.63, 3.8) is 0 Å². The molecule has 0 radical (unpaired) electrons. The maximum atomic E-state index is 9.03. The van der Waals surface area contributed by atoms with Gasteiger partial charge < -0.3 is 4.57 Å². The molecule has 4 heteroatoms. The number of hydrogen-bond donors (Lipinski definition) is 0. The zero-order valence-electron chi connectivity index (χ0n) is 11.7. The first-order chi connectivity index (χ1) is 9.50. The summed E-state index contributed by atoms with van der Waals surface area (Å²) in [4.78, 5) is 5.90. The molecule has 3 rings (SSSR count). The summed E-state index contributed by atoms with van der Waals surface area (Å²) in [6.07, 6.45) is 0. The first-order valence-electron chi connectivity index (χ1n) is 6.47. The lowest BCUT2D eigenvalue weighted by molar-refractivity contribution is 0.413. The number of thiophene rings is 1. The summed E-state index contributed by atoms with van der Waals surface area (Å²) in [5.41, 5.74) is 2.53. The summed E-state index contributed by atoms with van der Waals surface area (Å²) in [6, 6.07) is 12.0. The molecule has 100 valence electrons. The molecule has 0 aliphatic rings. The summed E-state index contributed by atoms with van der Waals surface area (Å²) in [5, 5.41) is 11.1. The third-order valence-electron chi connectivity index (χ3n) is 3.20. The highest BCUT2D eigenvalue weighted by Gasteiger charge is 2.22. The highest BCUT2D eigenvalue weighted by Crippen LogP contribution is 2.33. The van der Waals surface area contributed by atoms with Crippen LogP contribution in [0, 0.1) is 11.3 Å². The fourth-order valence-corrected chi connectivity index (χ4v) is 3.10. The van der Waals surface area contributed by atoms with Crippen LogP contribution in [0.4, 0.5) is 0 Å². The van der Waals surface area contributed by atoms with Crippen LogP contribution in [-0.2, 0) is 5.54 Å². The van der Waals surface area contributed by atoms with Gasteiger partial charge in [0.25, 0.3) is 0 Å². The fourth-order valence-electron chi connectivity index (χ4n) is 2.40. The second-order valence-corrected chi connectivity index (χ2v) is 6.68. The van der Waals surface area contributed by atoms with Crippen molar-refractivity contribution in [3.05, 3.63) is 41.3 Å². The second-order valence-electron chi connectivity index (χ2n) is 5.73. The molecule has 0 amide bonds. The molecule has 0 fully saturated rings. The number of rotatable bonds is 1. The van der Waals surface area contributed by atoms with Crippen molar-refractivity contribution in [1.82, 2.24) is 9.55 Å². The lowest BCUT2D eigenvalue weighted by Gasteiger charge is -2.24. The van der Waals surface area contributed by atoms with E-state index >= 15 is 0 Å². The smallest absolute Gasteiger partial charge is 0.151 e. The minimum Gasteiger partial charge on any atom is -0.318 e. The van der Waals surface area contributed by atoms with Gasteiger partial charge in [0.2, 0.25) is 0 Å². The minimum atomic E-state index is -0.0672. The third-order valence-corrected chi connectivity index (χ3v) is 4.06. The first kappa shape index (κ1) is 12.9. The van der Waals surface area contributed by atoms with E-state index in [-0.39, 0.29) is 5.54 Å². The Balaban J connectivity index is 2.37. The normalized spacial score (nSPS) is 11.7. The van der Waals surface area contributed by atoms with Crippen molar-refractivity contribution in [3.8, 4) is 16.8 Å². The quantitative estimate of drug-likeness (QED) is 0.663. The number of fused-ring (bicyclic) bond motifs is 1. The topological polar surface area (TPSA) is 41.6 Å². The van der Waals surface area contributed by atoms with Crippen LogP contribution in [0.3, 0.4) is 0 Å². The molecule has 3 aromatic rings. The fraction of sp³-hybridized carbons (Fsp3) is 0.250. The Hall–Kier alpha value is -2.12. The van der Waals surface area contributed by atoms with Crippen LogP contribution in [-0.4, -0.2) is 9.55 Å². The maximum Gasteiger partial charge on any atom is 0.151 e. The van der Waals surface area contributed by atoms with Crippen molar-refractivity contribution in [1.29, 1.82) is 5.26 Å². The third kappa shape index (κ3) is 2.00. The van der Waals surface area contributed by atoms with Gasteiger partial charge in [-0.25, -0.2) is 4.98 Å². The zero-order valence-corrected chi connectivity index (χ0v) is 12.5. The molecule has 0 spiro atoms. The van der Waals surface area contributed by atoms with Crippen LogP contribution in [0.1, 0.15) is 26.3 Å². The SMILES string of the molecule is CC(C)(C)n1c(-c2cccs2)nc2cc(C#N)ccc21. The van der Waals surface area contributed by atoms with E-state index in [4.69, 9.17) is 10.2 Å². The standard InChI is InChI=1S/C16H15N3S/c1-16(2,3)19-13-7-6-11(10-17)9-12(13)18-15(19)14-5-4-8-20-14/h4-9H,1-3H3. The molecule has 2 heterocycles. The lowest BCUT2D eigenvalue weighted by atomic mass is 10.1. The summed E-state index contributed by atoms with van der Waals surface area (Å²) in [6.45, 7) is 6.51. The number of hydrogen-bond acceptors (Lipinski definition) is 3. The van der Waals surface area contributed by atoms with Crippen LogP contribution in [0.2, 0.25) is 0 Å². The Bertz CT molecular complexity index is 799. The summed E-state index contributed by atoms with van der Waals surface area (Å²) in [7, 11) is 0. The average Bonchev–Trinajstić information content (AvgIpc) is 3.03. The molecule has 3 nitrogen and oxygen atoms in total. The van der Waals surface area contributed by atoms with E-state index in [2.05, 4.69) is 42.9 Å². The lowest BCUT2D eigenvalue weighted by Crippen LogP contribution is -2.22. The monoisotopic (exact) mass is 281 g/mol. The van der Waals surface area contributed by atoms with Gasteiger partial charge in [-0.05, 0) is 50.4 Å². The van der Waals surface area contributed by atoms with Crippen molar-refractivity contribution in [2.75, 3.05) is 0 Å². The van der Waals surface area contributed by atoms with E-state index in [0.29, 0.717) is 5.56 Å². The molecule has 0 unspecified atom stereocenters. The van der Waals surface area contributed by atoms with Crippen LogP contribution in [0.25, 0.3) is 21.7 Å². The molecular formula is C16H15N3S. The Labute approximate surface area is 122 Å². The highest BCUT2D eigenvalue weighted by molar-refractivity contribution is 7.13. The molecule has 20 heavy (non-hydrogen) atoms. The number of nitriles is 1. The zero-order chi connectivity index (χ0) is 14.3. The van der Waals surface area contributed by atoms with Gasteiger partial charge in [-0.1, -0.05) is 6.07 Å². The van der Waals surface area contributed by atoms with Gasteiger partial charge in [-0.15, -0.1) is 11.3 Å². The Morgan fingerprint density at radius 2 is 2.05 bits per heavy atom. The van der Waals surface area contributed by atoms with E-state index in [0.717, 1.165) is 21.7 Å². The van der Waals surface area contributed by atoms with Crippen LogP contribution in [0.15, 0.2) is 35.7 Å². The minimum absolute atomic E-state index is 0.0672. The molecule has 0 aliphatic carbocycles. The number of imidazole rings is 1. The van der Waals surface area contributed by atoms with Crippen molar-refractivity contribution < 1.29 is 0 Å². The van der Waals surface area contributed by atoms with Gasteiger partial charge in [0.1, 0.15) is 0 Å². The second kappa shape index (κ2) is 4.46. The molecule has 0 N–H and O–H groups in total. The van der Waals surface area contributed by atoms with Gasteiger partial charge in [0, 0.05) is 5.54 Å². The van der Waals surface area contributed by atoms with Crippen molar-refractivity contribution in [2.24, 2.45) is 0 Å². The molecular weight excluding hydrogens is 266 g/mol. The van der Waals surface area contributed by atoms with Gasteiger partial charge >= 0.3 is 0 Å². The average molecular weight is 281 g/mol. The molecule has 0 saturated carbocycles. The largest absolute Gasteiger partial charge is 0.318 e. The van der Waals surface area contributed by atoms with Crippen LogP contribution >= 0.6 is 11.3 Å². The van der Waals surface area contributed by atoms with E-state index in [1.54, 1.807) is 11.3 Å². The summed E-state index contributed by atoms with van der Waals surface area (Å²) < 4.78 is 2.25.